The topological polar surface area (TPSA) is 29.9 Å². The lowest BCUT2D eigenvalue weighted by Gasteiger charge is -2.48. The molecule has 97 heavy (non-hydrogen) atoms. The largest absolute Gasteiger partial charge is 0.457 e. The van der Waals surface area contributed by atoms with Gasteiger partial charge in [-0.1, -0.05) is 262 Å². The van der Waals surface area contributed by atoms with Gasteiger partial charge in [0, 0.05) is 90.1 Å². The number of ether oxygens (including phenoxy) is 2. The monoisotopic (exact) mass is 1270 g/mol. The average Bonchev–Trinajstić information content (AvgIpc) is 1.22. The van der Waals surface area contributed by atoms with Crippen LogP contribution in [0.15, 0.2) is 279 Å². The summed E-state index contributed by atoms with van der Waals surface area (Å²) in [5.41, 5.74) is 5.92. The molecule has 0 saturated carbocycles. The van der Waals surface area contributed by atoms with Crippen LogP contribution in [-0.4, -0.2) is 11.3 Å². The summed E-state index contributed by atoms with van der Waals surface area (Å²) >= 11 is 0. The van der Waals surface area contributed by atoms with Crippen molar-refractivity contribution >= 4 is 79.0 Å². The molecular formula is C91H74BN3O2. The fraction of sp³-hybridized carbons (Fsp3) is 0.143. The second kappa shape index (κ2) is 21.7. The van der Waals surface area contributed by atoms with Crippen LogP contribution in [-0.2, 0) is 16.2 Å². The Kier molecular flexibility index (Phi) is 9.19. The summed E-state index contributed by atoms with van der Waals surface area (Å²) in [5.74, 6) is -3.00. The molecule has 4 aliphatic heterocycles. The molecule has 5 heterocycles. The molecule has 14 aromatic rings. The van der Waals surface area contributed by atoms with E-state index in [1.807, 2.05) is 143 Å². The van der Waals surface area contributed by atoms with Crippen molar-refractivity contribution in [2.45, 2.75) is 84.5 Å². The molecule has 5 nitrogen and oxygen atoms in total. The SMILES string of the molecule is [2H]c1c([2H])c([2H])c2c(c1[2H])Oc1c([2H])c3c(c4c1C2c1c([2H])c([2H])c([2H])c([2H])c1O4)B1c2c(cc(C(C)(C)C)cc2N3c2c(-c3ccccc3)cc(C(C)(C)C)cc2-c2ccccc2)N(c2c(-c3ccccc3)cc(C(C)(C)C)cc2-c2ccccc2)c2c([2H])c(-n3c4c([2H])c([2H])c([2H])c([2H])c4c4c([2H])c([2H])c([2H])c([2H])c43)c([2H])c([2H])c21. The summed E-state index contributed by atoms with van der Waals surface area (Å²) in [7, 11) is 0. The first-order chi connectivity index (χ1) is 55.4. The molecule has 0 bridgehead atoms. The van der Waals surface area contributed by atoms with Gasteiger partial charge in [0.2, 0.25) is 0 Å². The van der Waals surface area contributed by atoms with E-state index < -0.39 is 178 Å². The minimum absolute atomic E-state index is 0.0109. The van der Waals surface area contributed by atoms with Gasteiger partial charge in [-0.05, 0) is 144 Å². The molecule has 0 fully saturated rings. The molecular weight excluding hydrogens is 1180 g/mol. The number of benzene rings is 13. The van der Waals surface area contributed by atoms with E-state index in [0.29, 0.717) is 67.2 Å². The normalized spacial score (nSPS) is 17.1. The van der Waals surface area contributed by atoms with Crippen LogP contribution in [0.3, 0.4) is 0 Å². The molecule has 0 saturated heterocycles. The molecule has 1 atom stereocenters. The highest BCUT2D eigenvalue weighted by molar-refractivity contribution is 7.01. The minimum atomic E-state index is -1.63. The summed E-state index contributed by atoms with van der Waals surface area (Å²) in [6, 6.07) is 38.0. The third-order valence-corrected chi connectivity index (χ3v) is 19.5. The van der Waals surface area contributed by atoms with E-state index in [2.05, 4.69) is 86.6 Å². The fourth-order valence-electron chi connectivity index (χ4n) is 14.7. The molecule has 0 radical (unpaired) electrons. The molecule has 13 aromatic carbocycles. The standard InChI is InChI=1S/C91H74BN3O2/c1-89(2,3)60-48-68(56-30-14-10-15-31-56)86(69(49-60)57-32-16-11-17-33-57)94-75-54-63(93-73-42-26-22-38-64(73)65-39-23-27-43-74(65)93)46-47-72(75)92-84-76(94)52-62(91(7,8)9)53-77(84)95(87-70(58-34-18-12-19-35-58)50-61(90(4,5)6)51-71(87)59-36-20-13-21-37-59)78-55-81-83-82(66-40-24-28-44-79(66)96-81)67-41-25-29-45-80(67)97-88(83)85(78)92/h10-55,82H,1-9H3/i22D,23D,24D,25D,26D,27D,28D,29D,38D,39D,40D,41D,42D,43D,44D,45D,46D,47D,54D,55D. The lowest BCUT2D eigenvalue weighted by Crippen LogP contribution is -2.62. The van der Waals surface area contributed by atoms with Gasteiger partial charge < -0.3 is 23.8 Å². The second-order valence-corrected chi connectivity index (χ2v) is 28.4. The van der Waals surface area contributed by atoms with Crippen LogP contribution in [0.25, 0.3) is 72.0 Å². The van der Waals surface area contributed by atoms with Crippen molar-refractivity contribution in [1.29, 1.82) is 0 Å². The van der Waals surface area contributed by atoms with Crippen molar-refractivity contribution in [3.8, 4) is 73.2 Å². The molecule has 0 amide bonds. The highest BCUT2D eigenvalue weighted by Gasteiger charge is 2.51. The highest BCUT2D eigenvalue weighted by atomic mass is 16.5. The number of hydrogen-bond acceptors (Lipinski definition) is 4. The Morgan fingerprint density at radius 1 is 0.381 bits per heavy atom. The first-order valence-corrected chi connectivity index (χ1v) is 32.7. The zero-order valence-electron chi connectivity index (χ0n) is 74.8. The van der Waals surface area contributed by atoms with Crippen molar-refractivity contribution in [3.05, 3.63) is 312 Å². The van der Waals surface area contributed by atoms with Crippen LogP contribution >= 0.6 is 0 Å². The van der Waals surface area contributed by atoms with Gasteiger partial charge >= 0.3 is 0 Å². The van der Waals surface area contributed by atoms with E-state index in [9.17, 15) is 24.7 Å². The number of aromatic nitrogens is 1. The van der Waals surface area contributed by atoms with Gasteiger partial charge in [-0.25, -0.2) is 0 Å². The molecule has 1 aromatic heterocycles. The van der Waals surface area contributed by atoms with E-state index in [-0.39, 0.29) is 61.3 Å². The number of fused-ring (bicyclic) bond motifs is 12. The van der Waals surface area contributed by atoms with Crippen molar-refractivity contribution in [3.63, 3.8) is 0 Å². The van der Waals surface area contributed by atoms with Crippen LogP contribution in [0.2, 0.25) is 0 Å². The highest BCUT2D eigenvalue weighted by Crippen LogP contribution is 2.61. The van der Waals surface area contributed by atoms with Gasteiger partial charge in [-0.3, -0.25) is 0 Å². The quantitative estimate of drug-likeness (QED) is 0.149. The minimum Gasteiger partial charge on any atom is -0.457 e. The predicted octanol–water partition coefficient (Wildman–Crippen LogP) is 22.8. The Hall–Kier alpha value is -11.1. The van der Waals surface area contributed by atoms with Crippen molar-refractivity contribution < 1.29 is 36.9 Å². The van der Waals surface area contributed by atoms with Gasteiger partial charge in [-0.2, -0.15) is 0 Å². The maximum Gasteiger partial charge on any atom is 0.257 e. The van der Waals surface area contributed by atoms with Crippen molar-refractivity contribution in [1.82, 2.24) is 4.57 Å². The average molecular weight is 1270 g/mol. The summed E-state index contributed by atoms with van der Waals surface area (Å²) in [6.45, 7) is 17.3. The van der Waals surface area contributed by atoms with Gasteiger partial charge in [-0.15, -0.1) is 0 Å². The van der Waals surface area contributed by atoms with Crippen LogP contribution < -0.4 is 35.7 Å². The summed E-state index contributed by atoms with van der Waals surface area (Å²) < 4.78 is 215. The van der Waals surface area contributed by atoms with Crippen LogP contribution in [0, 0.1) is 0 Å². The van der Waals surface area contributed by atoms with E-state index in [4.69, 9.17) is 12.2 Å². The molecule has 0 N–H and O–H groups in total. The number of anilines is 6. The lowest BCUT2D eigenvalue weighted by molar-refractivity contribution is 0.412. The summed E-state index contributed by atoms with van der Waals surface area (Å²) in [4.78, 5) is 3.92. The molecule has 468 valence electrons. The smallest absolute Gasteiger partial charge is 0.257 e. The Morgan fingerprint density at radius 3 is 1.24 bits per heavy atom. The maximum atomic E-state index is 11.8. The van der Waals surface area contributed by atoms with E-state index in [0.717, 1.165) is 26.8 Å². The zero-order chi connectivity index (χ0) is 83.2. The fourth-order valence-corrected chi connectivity index (χ4v) is 14.7. The van der Waals surface area contributed by atoms with Crippen molar-refractivity contribution in [2.75, 3.05) is 9.80 Å². The molecule has 6 heteroatoms. The third kappa shape index (κ3) is 9.20. The maximum absolute atomic E-state index is 11.8. The van der Waals surface area contributed by atoms with Gasteiger partial charge in [0.25, 0.3) is 6.71 Å². The number of hydrogen-bond donors (Lipinski definition) is 0. The predicted molar refractivity (Wildman–Crippen MR) is 407 cm³/mol. The van der Waals surface area contributed by atoms with E-state index in [1.54, 1.807) is 0 Å². The van der Waals surface area contributed by atoms with E-state index in [1.165, 1.54) is 0 Å². The molecule has 18 rings (SSSR count). The summed E-state index contributed by atoms with van der Waals surface area (Å²) in [5, 5.41) is -0.675. The number of nitrogens with zero attached hydrogens (tertiary/aromatic N) is 3. The zero-order valence-corrected chi connectivity index (χ0v) is 54.8. The van der Waals surface area contributed by atoms with Gasteiger partial charge in [0.05, 0.1) is 49.8 Å². The second-order valence-electron chi connectivity index (χ2n) is 28.4. The first kappa shape index (κ1) is 41.0. The first-order valence-electron chi connectivity index (χ1n) is 42.7. The third-order valence-electron chi connectivity index (χ3n) is 19.5. The van der Waals surface area contributed by atoms with Crippen LogP contribution in [0.1, 0.15) is 129 Å². The molecule has 4 aliphatic rings. The van der Waals surface area contributed by atoms with Gasteiger partial charge in [0.15, 0.2) is 0 Å². The van der Waals surface area contributed by atoms with E-state index >= 15 is 0 Å². The Balaban J connectivity index is 1.14. The molecule has 0 aliphatic carbocycles. The molecule has 1 unspecified atom stereocenters. The van der Waals surface area contributed by atoms with Crippen LogP contribution in [0.5, 0.6) is 23.0 Å². The van der Waals surface area contributed by atoms with Gasteiger partial charge in [0.1, 0.15) is 23.0 Å². The van der Waals surface area contributed by atoms with Crippen molar-refractivity contribution in [2.24, 2.45) is 0 Å². The number of rotatable bonds is 7. The Morgan fingerprint density at radius 2 is 0.784 bits per heavy atom. The molecule has 0 spiro atoms. The Bertz CT molecular complexity index is 6560. The van der Waals surface area contributed by atoms with Crippen LogP contribution in [0.4, 0.5) is 34.1 Å². The lowest BCUT2D eigenvalue weighted by atomic mass is 9.33. The Labute approximate surface area is 597 Å². The number of para-hydroxylation sites is 4. The summed E-state index contributed by atoms with van der Waals surface area (Å²) in [6.07, 6.45) is 0.